The van der Waals surface area contributed by atoms with Crippen molar-refractivity contribution >= 4 is 34.0 Å². The number of hydrogen-bond donors (Lipinski definition) is 3. The largest absolute Gasteiger partial charge is 0.508 e. The number of ketones is 1. The van der Waals surface area contributed by atoms with Crippen LogP contribution in [0.3, 0.4) is 0 Å². The van der Waals surface area contributed by atoms with Gasteiger partial charge in [-0.05, 0) is 48.7 Å². The Morgan fingerprint density at radius 1 is 0.917 bits per heavy atom. The number of aromatic hydroxyl groups is 1. The number of Topliss-reactive ketones (excluding diaryl/α,β-unsaturated/α-hetero) is 1. The molecule has 3 N–H and O–H groups in total. The first-order valence-corrected chi connectivity index (χ1v) is 7.44. The van der Waals surface area contributed by atoms with E-state index in [-0.39, 0.29) is 11.5 Å². The summed E-state index contributed by atoms with van der Waals surface area (Å²) in [6.45, 7) is 1.48. The molecule has 0 unspecified atom stereocenters. The van der Waals surface area contributed by atoms with Gasteiger partial charge in [0.05, 0.1) is 5.69 Å². The predicted octanol–water partition coefficient (Wildman–Crippen LogP) is 4.39. The van der Waals surface area contributed by atoms with Crippen LogP contribution in [0.15, 0.2) is 60.7 Å². The third kappa shape index (κ3) is 3.35. The Morgan fingerprint density at radius 3 is 2.50 bits per heavy atom. The summed E-state index contributed by atoms with van der Waals surface area (Å²) >= 11 is 0. The van der Waals surface area contributed by atoms with Crippen molar-refractivity contribution in [1.29, 1.82) is 0 Å². The summed E-state index contributed by atoms with van der Waals surface area (Å²) in [7, 11) is 0. The van der Waals surface area contributed by atoms with E-state index < -0.39 is 6.03 Å². The highest BCUT2D eigenvalue weighted by atomic mass is 16.3. The second kappa shape index (κ2) is 6.42. The lowest BCUT2D eigenvalue weighted by atomic mass is 10.1. The summed E-state index contributed by atoms with van der Waals surface area (Å²) in [5, 5.41) is 16.7. The average Bonchev–Trinajstić information content (AvgIpc) is 2.55. The minimum Gasteiger partial charge on any atom is -0.508 e. The fourth-order valence-electron chi connectivity index (χ4n) is 2.48. The topological polar surface area (TPSA) is 78.4 Å². The van der Waals surface area contributed by atoms with Crippen LogP contribution in [0.4, 0.5) is 16.2 Å². The van der Waals surface area contributed by atoms with Gasteiger partial charge >= 0.3 is 6.03 Å². The maximum absolute atomic E-state index is 12.2. The van der Waals surface area contributed by atoms with Crippen molar-refractivity contribution in [1.82, 2.24) is 0 Å². The number of fused-ring (bicyclic) bond motifs is 1. The highest BCUT2D eigenvalue weighted by molar-refractivity contribution is 6.06. The fourth-order valence-corrected chi connectivity index (χ4v) is 2.48. The van der Waals surface area contributed by atoms with Crippen LogP contribution >= 0.6 is 0 Å². The van der Waals surface area contributed by atoms with Crippen LogP contribution in [0.25, 0.3) is 10.8 Å². The van der Waals surface area contributed by atoms with Crippen molar-refractivity contribution in [3.63, 3.8) is 0 Å². The van der Waals surface area contributed by atoms with Gasteiger partial charge in [0.1, 0.15) is 5.75 Å². The maximum Gasteiger partial charge on any atom is 0.323 e. The molecule has 3 rings (SSSR count). The van der Waals surface area contributed by atoms with Crippen LogP contribution in [0.2, 0.25) is 0 Å². The molecule has 0 fully saturated rings. The lowest BCUT2D eigenvalue weighted by Gasteiger charge is -2.11. The molecule has 0 spiro atoms. The van der Waals surface area contributed by atoms with Crippen molar-refractivity contribution in [3.05, 3.63) is 66.2 Å². The number of nitrogens with one attached hydrogen (secondary N) is 2. The molecule has 120 valence electrons. The number of anilines is 2. The molecule has 0 aliphatic heterocycles. The molecular formula is C19H16N2O3. The molecular weight excluding hydrogens is 304 g/mol. The molecule has 0 saturated heterocycles. The number of hydrogen-bond acceptors (Lipinski definition) is 3. The van der Waals surface area contributed by atoms with Gasteiger partial charge in [-0.3, -0.25) is 4.79 Å². The molecule has 0 atom stereocenters. The zero-order chi connectivity index (χ0) is 17.1. The Labute approximate surface area is 138 Å². The summed E-state index contributed by atoms with van der Waals surface area (Å²) in [5.74, 6) is 0.109. The number of benzene rings is 3. The molecule has 0 aliphatic rings. The molecule has 0 aliphatic carbocycles. The highest BCUT2D eigenvalue weighted by Crippen LogP contribution is 2.26. The second-order valence-corrected chi connectivity index (χ2v) is 5.43. The lowest BCUT2D eigenvalue weighted by Crippen LogP contribution is -2.19. The molecule has 5 nitrogen and oxygen atoms in total. The number of phenols is 1. The Bertz CT molecular complexity index is 935. The lowest BCUT2D eigenvalue weighted by molar-refractivity contribution is 0.101. The number of carbonyl (C=O) groups is 2. The van der Waals surface area contributed by atoms with Crippen molar-refractivity contribution in [2.75, 3.05) is 10.6 Å². The predicted molar refractivity (Wildman–Crippen MR) is 94.7 cm³/mol. The standard InChI is InChI=1S/C19H16N2O3/c1-12(22)13-4-2-6-15(10-13)20-19(24)21-18-7-3-5-14-11-16(23)8-9-17(14)18/h2-11,23H,1H3,(H2,20,21,24). The van der Waals surface area contributed by atoms with E-state index in [9.17, 15) is 14.7 Å². The Balaban J connectivity index is 1.80. The monoisotopic (exact) mass is 320 g/mol. The fraction of sp³-hybridized carbons (Fsp3) is 0.0526. The first-order chi connectivity index (χ1) is 11.5. The third-order valence-electron chi connectivity index (χ3n) is 3.64. The van der Waals surface area contributed by atoms with E-state index in [4.69, 9.17) is 0 Å². The Morgan fingerprint density at radius 2 is 1.71 bits per heavy atom. The third-order valence-corrected chi connectivity index (χ3v) is 3.64. The van der Waals surface area contributed by atoms with E-state index in [1.165, 1.54) is 6.92 Å². The maximum atomic E-state index is 12.2. The van der Waals surface area contributed by atoms with Gasteiger partial charge in [0.2, 0.25) is 0 Å². The van der Waals surface area contributed by atoms with Crippen molar-refractivity contribution in [3.8, 4) is 5.75 Å². The number of amides is 2. The number of carbonyl (C=O) groups excluding carboxylic acids is 2. The van der Waals surface area contributed by atoms with Crippen LogP contribution in [-0.4, -0.2) is 16.9 Å². The highest BCUT2D eigenvalue weighted by Gasteiger charge is 2.07. The minimum absolute atomic E-state index is 0.0621. The number of rotatable bonds is 3. The molecule has 3 aromatic carbocycles. The molecule has 24 heavy (non-hydrogen) atoms. The SMILES string of the molecule is CC(=O)c1cccc(NC(=O)Nc2cccc3cc(O)ccc23)c1. The van der Waals surface area contributed by atoms with Gasteiger partial charge in [-0.25, -0.2) is 4.79 Å². The van der Waals surface area contributed by atoms with E-state index in [0.29, 0.717) is 16.9 Å². The van der Waals surface area contributed by atoms with Crippen LogP contribution in [0.1, 0.15) is 17.3 Å². The molecule has 0 heterocycles. The summed E-state index contributed by atoms with van der Waals surface area (Å²) < 4.78 is 0. The summed E-state index contributed by atoms with van der Waals surface area (Å²) in [6.07, 6.45) is 0. The number of urea groups is 1. The van der Waals surface area contributed by atoms with Gasteiger partial charge in [-0.2, -0.15) is 0 Å². The van der Waals surface area contributed by atoms with Gasteiger partial charge in [0.25, 0.3) is 0 Å². The van der Waals surface area contributed by atoms with E-state index in [0.717, 1.165) is 10.8 Å². The first-order valence-electron chi connectivity index (χ1n) is 7.44. The number of phenolic OH excluding ortho intramolecular Hbond substituents is 1. The molecule has 0 aromatic heterocycles. The molecule has 3 aromatic rings. The molecule has 5 heteroatoms. The van der Waals surface area contributed by atoms with Crippen LogP contribution in [-0.2, 0) is 0 Å². The summed E-state index contributed by atoms with van der Waals surface area (Å²) in [4.78, 5) is 23.6. The molecule has 2 amide bonds. The summed E-state index contributed by atoms with van der Waals surface area (Å²) in [5.41, 5.74) is 1.71. The van der Waals surface area contributed by atoms with Crippen LogP contribution in [0, 0.1) is 0 Å². The van der Waals surface area contributed by atoms with Crippen LogP contribution < -0.4 is 10.6 Å². The van der Waals surface area contributed by atoms with Crippen molar-refractivity contribution in [2.24, 2.45) is 0 Å². The second-order valence-electron chi connectivity index (χ2n) is 5.43. The molecule has 0 radical (unpaired) electrons. The van der Waals surface area contributed by atoms with Gasteiger partial charge in [-0.1, -0.05) is 24.3 Å². The van der Waals surface area contributed by atoms with E-state index >= 15 is 0 Å². The quantitative estimate of drug-likeness (QED) is 0.626. The smallest absolute Gasteiger partial charge is 0.323 e. The zero-order valence-electron chi connectivity index (χ0n) is 13.0. The first kappa shape index (κ1) is 15.6. The van der Waals surface area contributed by atoms with Crippen LogP contribution in [0.5, 0.6) is 5.75 Å². The Kier molecular flexibility index (Phi) is 4.16. The normalized spacial score (nSPS) is 10.4. The van der Waals surface area contributed by atoms with E-state index in [1.54, 1.807) is 54.6 Å². The Hall–Kier alpha value is -3.34. The van der Waals surface area contributed by atoms with Gasteiger partial charge in [0, 0.05) is 16.6 Å². The van der Waals surface area contributed by atoms with Crippen molar-refractivity contribution in [2.45, 2.75) is 6.92 Å². The van der Waals surface area contributed by atoms with Gasteiger partial charge in [-0.15, -0.1) is 0 Å². The summed E-state index contributed by atoms with van der Waals surface area (Å²) in [6, 6.07) is 16.7. The zero-order valence-corrected chi connectivity index (χ0v) is 13.0. The van der Waals surface area contributed by atoms with E-state index in [2.05, 4.69) is 10.6 Å². The average molecular weight is 320 g/mol. The molecule has 0 saturated carbocycles. The minimum atomic E-state index is -0.406. The van der Waals surface area contributed by atoms with Crippen molar-refractivity contribution < 1.29 is 14.7 Å². The van der Waals surface area contributed by atoms with Gasteiger partial charge < -0.3 is 15.7 Å². The van der Waals surface area contributed by atoms with E-state index in [1.807, 2.05) is 6.07 Å². The molecule has 0 bridgehead atoms. The van der Waals surface area contributed by atoms with Gasteiger partial charge in [0.15, 0.2) is 5.78 Å².